The summed E-state index contributed by atoms with van der Waals surface area (Å²) in [6.45, 7) is 0.649. The predicted molar refractivity (Wildman–Crippen MR) is 111 cm³/mol. The van der Waals surface area contributed by atoms with Gasteiger partial charge in [0.05, 0.1) is 19.4 Å². The van der Waals surface area contributed by atoms with Gasteiger partial charge in [0.15, 0.2) is 0 Å². The SMILES string of the molecule is COC(=O)CCN(Cc1cccnc1)C(=O)C(c1ccccc1)c1ccccc1. The van der Waals surface area contributed by atoms with Gasteiger partial charge in [-0.05, 0) is 22.8 Å². The fourth-order valence-corrected chi connectivity index (χ4v) is 3.26. The van der Waals surface area contributed by atoms with Gasteiger partial charge in [0.1, 0.15) is 0 Å². The number of carbonyl (C=O) groups is 2. The van der Waals surface area contributed by atoms with Crippen molar-refractivity contribution in [2.75, 3.05) is 13.7 Å². The van der Waals surface area contributed by atoms with E-state index in [4.69, 9.17) is 4.74 Å². The highest BCUT2D eigenvalue weighted by molar-refractivity contribution is 5.87. The van der Waals surface area contributed by atoms with Gasteiger partial charge in [0, 0.05) is 25.5 Å². The second kappa shape index (κ2) is 10.2. The molecular weight excluding hydrogens is 364 g/mol. The number of rotatable bonds is 8. The first kappa shape index (κ1) is 20.3. The molecule has 0 bridgehead atoms. The molecule has 0 N–H and O–H groups in total. The molecule has 3 rings (SSSR count). The topological polar surface area (TPSA) is 59.5 Å². The van der Waals surface area contributed by atoms with Crippen LogP contribution in [0, 0.1) is 0 Å². The highest BCUT2D eigenvalue weighted by Gasteiger charge is 2.28. The smallest absolute Gasteiger partial charge is 0.307 e. The Labute approximate surface area is 171 Å². The van der Waals surface area contributed by atoms with Crippen molar-refractivity contribution in [3.63, 3.8) is 0 Å². The van der Waals surface area contributed by atoms with Crippen LogP contribution in [0.15, 0.2) is 85.2 Å². The summed E-state index contributed by atoms with van der Waals surface area (Å²) < 4.78 is 4.77. The van der Waals surface area contributed by atoms with Crippen molar-refractivity contribution < 1.29 is 14.3 Å². The van der Waals surface area contributed by atoms with E-state index in [1.165, 1.54) is 7.11 Å². The maximum atomic E-state index is 13.7. The van der Waals surface area contributed by atoms with Gasteiger partial charge in [-0.2, -0.15) is 0 Å². The molecule has 1 heterocycles. The van der Waals surface area contributed by atoms with Crippen LogP contribution in [-0.4, -0.2) is 35.4 Å². The molecule has 3 aromatic rings. The Kier molecular flexibility index (Phi) is 7.11. The summed E-state index contributed by atoms with van der Waals surface area (Å²) in [7, 11) is 1.35. The van der Waals surface area contributed by atoms with E-state index in [0.717, 1.165) is 16.7 Å². The van der Waals surface area contributed by atoms with E-state index in [1.54, 1.807) is 17.3 Å². The minimum Gasteiger partial charge on any atom is -0.469 e. The highest BCUT2D eigenvalue weighted by Crippen LogP contribution is 2.27. The van der Waals surface area contributed by atoms with Gasteiger partial charge < -0.3 is 9.64 Å². The molecule has 5 heteroatoms. The molecule has 1 aromatic heterocycles. The minimum atomic E-state index is -0.452. The third kappa shape index (κ3) is 5.51. The minimum absolute atomic E-state index is 0.0600. The van der Waals surface area contributed by atoms with Crippen molar-refractivity contribution in [2.24, 2.45) is 0 Å². The number of carbonyl (C=O) groups excluding carboxylic acids is 2. The molecule has 2 aromatic carbocycles. The number of esters is 1. The average molecular weight is 388 g/mol. The average Bonchev–Trinajstić information content (AvgIpc) is 2.78. The van der Waals surface area contributed by atoms with Gasteiger partial charge in [0.25, 0.3) is 0 Å². The Morgan fingerprint density at radius 1 is 0.931 bits per heavy atom. The zero-order valence-electron chi connectivity index (χ0n) is 16.4. The van der Waals surface area contributed by atoms with E-state index in [0.29, 0.717) is 6.54 Å². The first-order valence-electron chi connectivity index (χ1n) is 9.53. The number of hydrogen-bond donors (Lipinski definition) is 0. The predicted octanol–water partition coefficient (Wildman–Crippen LogP) is 3.81. The van der Waals surface area contributed by atoms with Crippen molar-refractivity contribution in [3.8, 4) is 0 Å². The van der Waals surface area contributed by atoms with Gasteiger partial charge in [-0.25, -0.2) is 0 Å². The van der Waals surface area contributed by atoms with E-state index in [2.05, 4.69) is 4.98 Å². The lowest BCUT2D eigenvalue weighted by Gasteiger charge is -2.28. The summed E-state index contributed by atoms with van der Waals surface area (Å²) in [4.78, 5) is 31.3. The van der Waals surface area contributed by atoms with Crippen molar-refractivity contribution in [3.05, 3.63) is 102 Å². The van der Waals surface area contributed by atoms with Crippen LogP contribution in [-0.2, 0) is 20.9 Å². The van der Waals surface area contributed by atoms with Gasteiger partial charge >= 0.3 is 5.97 Å². The summed E-state index contributed by atoms with van der Waals surface area (Å²) in [5.41, 5.74) is 2.74. The first-order valence-corrected chi connectivity index (χ1v) is 9.53. The highest BCUT2D eigenvalue weighted by atomic mass is 16.5. The van der Waals surface area contributed by atoms with E-state index >= 15 is 0 Å². The fraction of sp³-hybridized carbons (Fsp3) is 0.208. The Morgan fingerprint density at radius 2 is 1.55 bits per heavy atom. The second-order valence-corrected chi connectivity index (χ2v) is 6.70. The Morgan fingerprint density at radius 3 is 2.07 bits per heavy atom. The summed E-state index contributed by atoms with van der Waals surface area (Å²) in [6, 6.07) is 23.2. The van der Waals surface area contributed by atoms with Crippen molar-refractivity contribution >= 4 is 11.9 Å². The molecule has 0 atom stereocenters. The zero-order valence-corrected chi connectivity index (χ0v) is 16.4. The number of nitrogens with zero attached hydrogens (tertiary/aromatic N) is 2. The third-order valence-corrected chi connectivity index (χ3v) is 4.73. The molecular formula is C24H24N2O3. The molecule has 0 unspecified atom stereocenters. The number of amides is 1. The molecule has 0 spiro atoms. The van der Waals surface area contributed by atoms with Gasteiger partial charge in [-0.1, -0.05) is 66.7 Å². The molecule has 0 aliphatic rings. The maximum absolute atomic E-state index is 13.7. The third-order valence-electron chi connectivity index (χ3n) is 4.73. The van der Waals surface area contributed by atoms with Gasteiger partial charge in [-0.3, -0.25) is 14.6 Å². The number of ether oxygens (including phenoxy) is 1. The maximum Gasteiger partial charge on any atom is 0.307 e. The molecule has 0 saturated heterocycles. The lowest BCUT2D eigenvalue weighted by Crippen LogP contribution is -2.37. The van der Waals surface area contributed by atoms with Gasteiger partial charge in [-0.15, -0.1) is 0 Å². The standard InChI is InChI=1S/C24H24N2O3/c1-29-22(27)14-16-26(18-19-9-8-15-25-17-19)24(28)23(20-10-4-2-5-11-20)21-12-6-3-7-13-21/h2-13,15,17,23H,14,16,18H2,1H3. The molecule has 5 nitrogen and oxygen atoms in total. The van der Waals surface area contributed by atoms with Crippen LogP contribution in [0.2, 0.25) is 0 Å². The number of hydrogen-bond acceptors (Lipinski definition) is 4. The van der Waals surface area contributed by atoms with Crippen molar-refractivity contribution in [1.82, 2.24) is 9.88 Å². The van der Waals surface area contributed by atoms with Crippen LogP contribution in [0.4, 0.5) is 0 Å². The number of benzene rings is 2. The fourth-order valence-electron chi connectivity index (χ4n) is 3.26. The van der Waals surface area contributed by atoms with Crippen LogP contribution in [0.25, 0.3) is 0 Å². The lowest BCUT2D eigenvalue weighted by atomic mass is 9.90. The number of methoxy groups -OCH3 is 1. The largest absolute Gasteiger partial charge is 0.469 e. The van der Waals surface area contributed by atoms with E-state index in [9.17, 15) is 9.59 Å². The number of aromatic nitrogens is 1. The zero-order chi connectivity index (χ0) is 20.5. The molecule has 0 radical (unpaired) electrons. The van der Waals surface area contributed by atoms with E-state index < -0.39 is 5.92 Å². The molecule has 29 heavy (non-hydrogen) atoms. The monoisotopic (exact) mass is 388 g/mol. The molecule has 1 amide bonds. The quantitative estimate of drug-likeness (QED) is 0.551. The number of pyridine rings is 1. The van der Waals surface area contributed by atoms with Gasteiger partial charge in [0.2, 0.25) is 5.91 Å². The molecule has 0 saturated carbocycles. The molecule has 0 aliphatic heterocycles. The summed E-state index contributed by atoms with van der Waals surface area (Å²) in [6.07, 6.45) is 3.57. The van der Waals surface area contributed by atoms with Crippen LogP contribution in [0.1, 0.15) is 29.0 Å². The summed E-state index contributed by atoms with van der Waals surface area (Å²) in [5.74, 6) is -0.855. The Hall–Kier alpha value is -3.47. The van der Waals surface area contributed by atoms with Crippen molar-refractivity contribution in [1.29, 1.82) is 0 Å². The van der Waals surface area contributed by atoms with Crippen molar-refractivity contribution in [2.45, 2.75) is 18.9 Å². The summed E-state index contributed by atoms with van der Waals surface area (Å²) in [5, 5.41) is 0. The molecule has 148 valence electrons. The van der Waals surface area contributed by atoms with E-state index in [1.807, 2.05) is 72.8 Å². The normalized spacial score (nSPS) is 10.6. The van der Waals surface area contributed by atoms with Crippen LogP contribution < -0.4 is 0 Å². The molecule has 0 fully saturated rings. The lowest BCUT2D eigenvalue weighted by molar-refractivity contribution is -0.142. The Bertz CT molecular complexity index is 875. The molecule has 0 aliphatic carbocycles. The van der Waals surface area contributed by atoms with Crippen LogP contribution in [0.3, 0.4) is 0 Å². The Balaban J connectivity index is 1.94. The van der Waals surface area contributed by atoms with E-state index in [-0.39, 0.29) is 24.8 Å². The summed E-state index contributed by atoms with van der Waals surface area (Å²) >= 11 is 0. The second-order valence-electron chi connectivity index (χ2n) is 6.70. The van der Waals surface area contributed by atoms with Crippen LogP contribution >= 0.6 is 0 Å². The first-order chi connectivity index (χ1) is 14.2. The van der Waals surface area contributed by atoms with Crippen LogP contribution in [0.5, 0.6) is 0 Å².